The van der Waals surface area contributed by atoms with E-state index in [-0.39, 0.29) is 0 Å². The lowest BCUT2D eigenvalue weighted by molar-refractivity contribution is 0.961. The summed E-state index contributed by atoms with van der Waals surface area (Å²) in [5, 5.41) is 3.92. The van der Waals surface area contributed by atoms with Gasteiger partial charge in [0.25, 0.3) is 0 Å². The van der Waals surface area contributed by atoms with Crippen molar-refractivity contribution in [2.24, 2.45) is 0 Å². The highest BCUT2D eigenvalue weighted by Crippen LogP contribution is 2.38. The van der Waals surface area contributed by atoms with Crippen LogP contribution in [0.5, 0.6) is 0 Å². The number of hydrogen-bond acceptors (Lipinski definition) is 0. The second-order valence-corrected chi connectivity index (χ2v) is 8.56. The van der Waals surface area contributed by atoms with Crippen molar-refractivity contribution < 1.29 is 0 Å². The number of para-hydroxylation sites is 1. The van der Waals surface area contributed by atoms with E-state index in [1.165, 1.54) is 60.8 Å². The van der Waals surface area contributed by atoms with E-state index in [1.807, 2.05) is 0 Å². The van der Waals surface area contributed by atoms with Crippen molar-refractivity contribution in [2.45, 2.75) is 19.3 Å². The minimum absolute atomic E-state index is 0.945. The average molecular weight is 399 g/mol. The Bertz CT molecular complexity index is 1600. The first-order valence-electron chi connectivity index (χ1n) is 11.1. The predicted molar refractivity (Wildman–Crippen MR) is 132 cm³/mol. The van der Waals surface area contributed by atoms with Crippen LogP contribution in [0.1, 0.15) is 28.8 Å². The van der Waals surface area contributed by atoms with Gasteiger partial charge in [0.2, 0.25) is 0 Å². The highest BCUT2D eigenvalue weighted by Gasteiger charge is 2.19. The van der Waals surface area contributed by atoms with Gasteiger partial charge in [0.1, 0.15) is 0 Å². The number of hydrogen-bond donors (Lipinski definition) is 1. The quantitative estimate of drug-likeness (QED) is 0.305. The third-order valence-electron chi connectivity index (χ3n) is 6.83. The molecule has 0 aliphatic heterocycles. The summed E-state index contributed by atoms with van der Waals surface area (Å²) >= 11 is 0. The van der Waals surface area contributed by atoms with Crippen LogP contribution in [0, 0.1) is 0 Å². The minimum atomic E-state index is 0.945. The molecule has 148 valence electrons. The molecule has 2 heteroatoms. The van der Waals surface area contributed by atoms with E-state index in [0.29, 0.717) is 0 Å². The topological polar surface area (TPSA) is 20.7 Å². The van der Waals surface area contributed by atoms with Gasteiger partial charge in [0.15, 0.2) is 0 Å². The van der Waals surface area contributed by atoms with E-state index in [2.05, 4.69) is 101 Å². The number of nitrogens with one attached hydrogen (secondary N) is 1. The zero-order valence-corrected chi connectivity index (χ0v) is 17.2. The third kappa shape index (κ3) is 2.39. The van der Waals surface area contributed by atoms with Crippen molar-refractivity contribution in [2.75, 3.05) is 0 Å². The Kier molecular flexibility index (Phi) is 3.48. The van der Waals surface area contributed by atoms with Gasteiger partial charge in [-0.05, 0) is 48.2 Å². The summed E-state index contributed by atoms with van der Waals surface area (Å²) in [6.45, 7) is 0. The molecule has 7 rings (SSSR count). The Balaban J connectivity index is 1.63. The molecule has 0 amide bonds. The molecule has 0 atom stereocenters. The van der Waals surface area contributed by atoms with Crippen LogP contribution < -0.4 is 0 Å². The molecule has 2 aliphatic carbocycles. The van der Waals surface area contributed by atoms with Gasteiger partial charge in [-0.3, -0.25) is 0 Å². The first-order chi connectivity index (χ1) is 15.4. The molecule has 0 fully saturated rings. The van der Waals surface area contributed by atoms with Gasteiger partial charge < -0.3 is 9.55 Å². The van der Waals surface area contributed by atoms with E-state index in [1.54, 1.807) is 0 Å². The Morgan fingerprint density at radius 2 is 1.74 bits per heavy atom. The third-order valence-corrected chi connectivity index (χ3v) is 6.83. The van der Waals surface area contributed by atoms with E-state index in [4.69, 9.17) is 0 Å². The van der Waals surface area contributed by atoms with Crippen molar-refractivity contribution >= 4 is 44.9 Å². The van der Waals surface area contributed by atoms with Crippen molar-refractivity contribution in [1.82, 2.24) is 9.55 Å². The number of rotatable bonds is 1. The lowest BCUT2D eigenvalue weighted by Gasteiger charge is -2.18. The molecule has 0 unspecified atom stereocenters. The Hall–Kier alpha value is -3.78. The van der Waals surface area contributed by atoms with Crippen molar-refractivity contribution in [3.63, 3.8) is 0 Å². The molecule has 31 heavy (non-hydrogen) atoms. The molecule has 2 aliphatic rings. The van der Waals surface area contributed by atoms with Crippen LogP contribution in [0.2, 0.25) is 0 Å². The number of H-pyrrole nitrogens is 1. The highest BCUT2D eigenvalue weighted by molar-refractivity contribution is 6.14. The summed E-state index contributed by atoms with van der Waals surface area (Å²) in [4.78, 5) is 3.69. The van der Waals surface area contributed by atoms with Crippen LogP contribution in [-0.4, -0.2) is 9.55 Å². The molecule has 3 aromatic carbocycles. The van der Waals surface area contributed by atoms with Crippen LogP contribution in [0.25, 0.3) is 50.5 Å². The SMILES string of the molecule is C1=CCc2[nH]c3cc4c5ccccc5n(-c5cccc6c5CCC=C6)c4cc3c2C=C1. The lowest BCUT2D eigenvalue weighted by Crippen LogP contribution is -2.03. The molecule has 0 saturated carbocycles. The van der Waals surface area contributed by atoms with Crippen LogP contribution in [0.15, 0.2) is 78.9 Å². The predicted octanol–water partition coefficient (Wildman–Crippen LogP) is 7.35. The number of allylic oxidation sites excluding steroid dienone is 4. The Labute approximate surface area is 180 Å². The van der Waals surface area contributed by atoms with Gasteiger partial charge in [0.05, 0.1) is 11.0 Å². The molecule has 2 nitrogen and oxygen atoms in total. The molecule has 0 spiro atoms. The summed E-state index contributed by atoms with van der Waals surface area (Å²) in [6.07, 6.45) is 16.5. The summed E-state index contributed by atoms with van der Waals surface area (Å²) in [7, 11) is 0. The van der Waals surface area contributed by atoms with E-state index in [0.717, 1.165) is 19.3 Å². The maximum absolute atomic E-state index is 3.69. The second-order valence-electron chi connectivity index (χ2n) is 8.56. The van der Waals surface area contributed by atoms with Gasteiger partial charge >= 0.3 is 0 Å². The molecule has 2 aromatic heterocycles. The number of benzene rings is 3. The summed E-state index contributed by atoms with van der Waals surface area (Å²) in [5.74, 6) is 0. The fraction of sp³-hybridized carbons (Fsp3) is 0.103. The first kappa shape index (κ1) is 17.0. The maximum atomic E-state index is 3.69. The fourth-order valence-corrected chi connectivity index (χ4v) is 5.43. The van der Waals surface area contributed by atoms with Crippen LogP contribution >= 0.6 is 0 Å². The van der Waals surface area contributed by atoms with Crippen LogP contribution in [0.3, 0.4) is 0 Å². The maximum Gasteiger partial charge on any atom is 0.0548 e. The monoisotopic (exact) mass is 398 g/mol. The van der Waals surface area contributed by atoms with Gasteiger partial charge in [0, 0.05) is 45.0 Å². The highest BCUT2D eigenvalue weighted by atomic mass is 15.0. The normalized spacial score (nSPS) is 15.0. The zero-order valence-electron chi connectivity index (χ0n) is 17.2. The van der Waals surface area contributed by atoms with E-state index >= 15 is 0 Å². The summed E-state index contributed by atoms with van der Waals surface area (Å²) in [6, 6.07) is 20.3. The van der Waals surface area contributed by atoms with E-state index < -0.39 is 0 Å². The molecule has 0 saturated heterocycles. The van der Waals surface area contributed by atoms with Gasteiger partial charge in [-0.2, -0.15) is 0 Å². The molecule has 0 bridgehead atoms. The fourth-order valence-electron chi connectivity index (χ4n) is 5.43. The number of aromatic amines is 1. The van der Waals surface area contributed by atoms with Gasteiger partial charge in [-0.25, -0.2) is 0 Å². The molecule has 2 heterocycles. The molecule has 1 N–H and O–H groups in total. The molecular weight excluding hydrogens is 376 g/mol. The van der Waals surface area contributed by atoms with E-state index in [9.17, 15) is 0 Å². The molecular formula is C29H22N2. The smallest absolute Gasteiger partial charge is 0.0548 e. The van der Waals surface area contributed by atoms with Gasteiger partial charge in [-0.1, -0.05) is 66.8 Å². The van der Waals surface area contributed by atoms with Crippen LogP contribution in [0.4, 0.5) is 0 Å². The standard InChI is InChI=1S/C29H22N2/c1-2-12-21-23-18-29-24(17-26(23)30-25(21)14-3-1)22-13-6-7-15-28(22)31(29)27-16-8-10-19-9-4-5-11-20(19)27/h1-4,6-10,12-13,15-18,30H,5,11,14H2. The van der Waals surface area contributed by atoms with Gasteiger partial charge in [-0.15, -0.1) is 0 Å². The van der Waals surface area contributed by atoms with Crippen molar-refractivity contribution in [1.29, 1.82) is 0 Å². The first-order valence-corrected chi connectivity index (χ1v) is 11.1. The molecule has 0 radical (unpaired) electrons. The second kappa shape index (κ2) is 6.36. The van der Waals surface area contributed by atoms with Crippen LogP contribution in [-0.2, 0) is 12.8 Å². The summed E-state index contributed by atoms with van der Waals surface area (Å²) < 4.78 is 2.49. The largest absolute Gasteiger partial charge is 0.358 e. The number of fused-ring (bicyclic) bond motifs is 7. The average Bonchev–Trinajstić information content (AvgIpc) is 3.21. The minimum Gasteiger partial charge on any atom is -0.358 e. The number of nitrogens with zero attached hydrogens (tertiary/aromatic N) is 1. The zero-order chi connectivity index (χ0) is 20.4. The summed E-state index contributed by atoms with van der Waals surface area (Å²) in [5.41, 5.74) is 10.5. The number of aromatic nitrogens is 2. The lowest BCUT2D eigenvalue weighted by atomic mass is 9.95. The van der Waals surface area contributed by atoms with Crippen molar-refractivity contribution in [3.8, 4) is 5.69 Å². The molecule has 5 aromatic rings. The Morgan fingerprint density at radius 1 is 0.774 bits per heavy atom. The Morgan fingerprint density at radius 3 is 2.74 bits per heavy atom. The van der Waals surface area contributed by atoms with Crippen molar-refractivity contribution in [3.05, 3.63) is 101 Å².